The van der Waals surface area contributed by atoms with Crippen LogP contribution in [0.3, 0.4) is 0 Å². The van der Waals surface area contributed by atoms with E-state index < -0.39 is 0 Å². The van der Waals surface area contributed by atoms with Crippen LogP contribution in [0.5, 0.6) is 5.75 Å². The van der Waals surface area contributed by atoms with Crippen molar-refractivity contribution in [2.24, 2.45) is 0 Å². The second kappa shape index (κ2) is 5.93. The predicted octanol–water partition coefficient (Wildman–Crippen LogP) is 2.84. The molecule has 0 radical (unpaired) electrons. The molecule has 0 saturated carbocycles. The maximum absolute atomic E-state index is 12.3. The van der Waals surface area contributed by atoms with E-state index in [2.05, 4.69) is 5.10 Å². The first kappa shape index (κ1) is 15.6. The maximum Gasteiger partial charge on any atom is 0.346 e. The standard InChI is InChI=1S/C15H20ClN3O2/c1-11-17-19(15(2,3)4)14(20)18(11)9-10-21-13-7-5-12(16)6-8-13/h5-8H,9-10H2,1-4H3. The number of rotatable bonds is 4. The van der Waals surface area contributed by atoms with Crippen molar-refractivity contribution in [1.29, 1.82) is 0 Å². The average molecular weight is 310 g/mol. The number of hydrogen-bond acceptors (Lipinski definition) is 3. The molecule has 0 spiro atoms. The fraction of sp³-hybridized carbons (Fsp3) is 0.467. The van der Waals surface area contributed by atoms with Crippen LogP contribution in [0.1, 0.15) is 26.6 Å². The molecule has 0 aliphatic carbocycles. The fourth-order valence-electron chi connectivity index (χ4n) is 1.97. The van der Waals surface area contributed by atoms with Crippen molar-refractivity contribution in [3.8, 4) is 5.75 Å². The molecule has 2 rings (SSSR count). The number of nitrogens with zero attached hydrogens (tertiary/aromatic N) is 3. The lowest BCUT2D eigenvalue weighted by atomic mass is 10.1. The second-order valence-electron chi connectivity index (χ2n) is 5.87. The molecule has 0 N–H and O–H groups in total. The molecule has 114 valence electrons. The minimum Gasteiger partial charge on any atom is -0.492 e. The Balaban J connectivity index is 2.05. The summed E-state index contributed by atoms with van der Waals surface area (Å²) < 4.78 is 8.75. The van der Waals surface area contributed by atoms with Gasteiger partial charge in [-0.2, -0.15) is 5.10 Å². The third-order valence-electron chi connectivity index (χ3n) is 3.08. The van der Waals surface area contributed by atoms with Crippen molar-refractivity contribution < 1.29 is 4.74 Å². The Morgan fingerprint density at radius 2 is 1.86 bits per heavy atom. The first-order valence-electron chi connectivity index (χ1n) is 6.84. The number of hydrogen-bond donors (Lipinski definition) is 0. The van der Waals surface area contributed by atoms with Crippen LogP contribution in [0.4, 0.5) is 0 Å². The van der Waals surface area contributed by atoms with Crippen molar-refractivity contribution in [1.82, 2.24) is 14.3 Å². The van der Waals surface area contributed by atoms with E-state index in [1.165, 1.54) is 4.68 Å². The monoisotopic (exact) mass is 309 g/mol. The summed E-state index contributed by atoms with van der Waals surface area (Å²) in [5.41, 5.74) is -0.441. The van der Waals surface area contributed by atoms with Crippen LogP contribution in [0.15, 0.2) is 29.1 Å². The van der Waals surface area contributed by atoms with Gasteiger partial charge in [-0.05, 0) is 52.0 Å². The first-order chi connectivity index (χ1) is 9.79. The van der Waals surface area contributed by atoms with E-state index in [-0.39, 0.29) is 11.2 Å². The van der Waals surface area contributed by atoms with Gasteiger partial charge in [-0.3, -0.25) is 4.57 Å². The van der Waals surface area contributed by atoms with Crippen molar-refractivity contribution in [2.45, 2.75) is 39.8 Å². The number of benzene rings is 1. The normalized spacial score (nSPS) is 11.7. The zero-order valence-electron chi connectivity index (χ0n) is 12.8. The molecule has 5 nitrogen and oxygen atoms in total. The van der Waals surface area contributed by atoms with Crippen LogP contribution in [0.2, 0.25) is 5.02 Å². The Bertz CT molecular complexity index is 666. The lowest BCUT2D eigenvalue weighted by Crippen LogP contribution is -2.36. The molecular weight excluding hydrogens is 290 g/mol. The van der Waals surface area contributed by atoms with Gasteiger partial charge < -0.3 is 4.74 Å². The topological polar surface area (TPSA) is 49.0 Å². The predicted molar refractivity (Wildman–Crippen MR) is 83.2 cm³/mol. The lowest BCUT2D eigenvalue weighted by molar-refractivity contribution is 0.291. The molecule has 0 amide bonds. The number of ether oxygens (including phenoxy) is 1. The van der Waals surface area contributed by atoms with Crippen LogP contribution < -0.4 is 10.4 Å². The molecule has 0 fully saturated rings. The van der Waals surface area contributed by atoms with Gasteiger partial charge in [-0.15, -0.1) is 0 Å². The minimum absolute atomic E-state index is 0.111. The van der Waals surface area contributed by atoms with E-state index in [0.29, 0.717) is 24.0 Å². The molecule has 6 heteroatoms. The molecular formula is C15H20ClN3O2. The Hall–Kier alpha value is -1.75. The summed E-state index contributed by atoms with van der Waals surface area (Å²) in [5, 5.41) is 4.98. The molecule has 0 saturated heterocycles. The molecule has 2 aromatic rings. The van der Waals surface area contributed by atoms with E-state index in [9.17, 15) is 4.79 Å². The molecule has 0 bridgehead atoms. The first-order valence-corrected chi connectivity index (χ1v) is 7.22. The molecule has 21 heavy (non-hydrogen) atoms. The van der Waals surface area contributed by atoms with Crippen molar-refractivity contribution >= 4 is 11.6 Å². The van der Waals surface area contributed by atoms with Crippen LogP contribution >= 0.6 is 11.6 Å². The van der Waals surface area contributed by atoms with Gasteiger partial charge in [0, 0.05) is 5.02 Å². The Morgan fingerprint density at radius 3 is 2.38 bits per heavy atom. The van der Waals surface area contributed by atoms with Crippen LogP contribution in [-0.2, 0) is 12.1 Å². The highest BCUT2D eigenvalue weighted by Crippen LogP contribution is 2.15. The zero-order valence-corrected chi connectivity index (χ0v) is 13.5. The van der Waals surface area contributed by atoms with Gasteiger partial charge >= 0.3 is 5.69 Å². The highest BCUT2D eigenvalue weighted by Gasteiger charge is 2.20. The zero-order chi connectivity index (χ0) is 15.6. The average Bonchev–Trinajstić information content (AvgIpc) is 2.68. The summed E-state index contributed by atoms with van der Waals surface area (Å²) in [6.07, 6.45) is 0. The number of aromatic nitrogens is 3. The third kappa shape index (κ3) is 3.67. The van der Waals surface area contributed by atoms with Gasteiger partial charge in [0.2, 0.25) is 0 Å². The largest absolute Gasteiger partial charge is 0.492 e. The molecule has 1 aromatic heterocycles. The van der Waals surface area contributed by atoms with Crippen molar-refractivity contribution in [2.75, 3.05) is 6.61 Å². The summed E-state index contributed by atoms with van der Waals surface area (Å²) in [4.78, 5) is 12.3. The number of halogens is 1. The van der Waals surface area contributed by atoms with Crippen LogP contribution in [-0.4, -0.2) is 21.0 Å². The fourth-order valence-corrected chi connectivity index (χ4v) is 2.10. The molecule has 0 unspecified atom stereocenters. The highest BCUT2D eigenvalue weighted by molar-refractivity contribution is 6.30. The summed E-state index contributed by atoms with van der Waals surface area (Å²) in [6, 6.07) is 7.14. The SMILES string of the molecule is Cc1nn(C(C)(C)C)c(=O)n1CCOc1ccc(Cl)cc1. The summed E-state index contributed by atoms with van der Waals surface area (Å²) in [5.74, 6) is 1.42. The van der Waals surface area contributed by atoms with Crippen molar-refractivity contribution in [3.63, 3.8) is 0 Å². The second-order valence-corrected chi connectivity index (χ2v) is 6.30. The molecule has 0 atom stereocenters. The van der Waals surface area contributed by atoms with Gasteiger partial charge in [0.15, 0.2) is 0 Å². The van der Waals surface area contributed by atoms with Gasteiger partial charge in [0.05, 0.1) is 12.1 Å². The van der Waals surface area contributed by atoms with Crippen LogP contribution in [0, 0.1) is 6.92 Å². The third-order valence-corrected chi connectivity index (χ3v) is 3.33. The van der Waals surface area contributed by atoms with E-state index in [0.717, 1.165) is 5.75 Å². The van der Waals surface area contributed by atoms with E-state index in [1.54, 1.807) is 28.8 Å². The number of aryl methyl sites for hydroxylation is 1. The summed E-state index contributed by atoms with van der Waals surface area (Å²) in [6.45, 7) is 8.55. The van der Waals surface area contributed by atoms with Gasteiger partial charge in [-0.1, -0.05) is 11.6 Å². The highest BCUT2D eigenvalue weighted by atomic mass is 35.5. The van der Waals surface area contributed by atoms with E-state index >= 15 is 0 Å². The Labute approximate surface area is 129 Å². The molecule has 1 heterocycles. The van der Waals surface area contributed by atoms with Gasteiger partial charge in [0.1, 0.15) is 18.2 Å². The molecule has 1 aromatic carbocycles. The Kier molecular flexibility index (Phi) is 4.42. The summed E-state index contributed by atoms with van der Waals surface area (Å²) in [7, 11) is 0. The quantitative estimate of drug-likeness (QED) is 0.872. The molecule has 0 aliphatic heterocycles. The smallest absolute Gasteiger partial charge is 0.346 e. The lowest BCUT2D eigenvalue weighted by Gasteiger charge is -2.16. The maximum atomic E-state index is 12.3. The molecule has 0 aliphatic rings. The Morgan fingerprint density at radius 1 is 1.24 bits per heavy atom. The van der Waals surface area contributed by atoms with Crippen molar-refractivity contribution in [3.05, 3.63) is 45.6 Å². The van der Waals surface area contributed by atoms with Crippen LogP contribution in [0.25, 0.3) is 0 Å². The minimum atomic E-state index is -0.329. The summed E-state index contributed by atoms with van der Waals surface area (Å²) >= 11 is 5.82. The van der Waals surface area contributed by atoms with Gasteiger partial charge in [-0.25, -0.2) is 9.48 Å². The van der Waals surface area contributed by atoms with E-state index in [1.807, 2.05) is 27.7 Å². The van der Waals surface area contributed by atoms with Gasteiger partial charge in [0.25, 0.3) is 0 Å². The van der Waals surface area contributed by atoms with E-state index in [4.69, 9.17) is 16.3 Å².